The molecule has 8 nitrogen and oxygen atoms in total. The fourth-order valence-corrected chi connectivity index (χ4v) is 4.56. The Balaban J connectivity index is 1.25. The predicted molar refractivity (Wildman–Crippen MR) is 109 cm³/mol. The normalized spacial score (nSPS) is 18.4. The lowest BCUT2D eigenvalue weighted by Crippen LogP contribution is -2.61. The van der Waals surface area contributed by atoms with Gasteiger partial charge in [0.25, 0.3) is 6.43 Å². The maximum Gasteiger partial charge on any atom is 0.433 e. The van der Waals surface area contributed by atoms with Crippen molar-refractivity contribution >= 4 is 22.8 Å². The third-order valence-corrected chi connectivity index (χ3v) is 6.27. The molecule has 1 spiro atoms. The van der Waals surface area contributed by atoms with Crippen LogP contribution in [0.5, 0.6) is 0 Å². The second-order valence-corrected chi connectivity index (χ2v) is 8.67. The van der Waals surface area contributed by atoms with Crippen molar-refractivity contribution in [3.63, 3.8) is 0 Å². The third kappa shape index (κ3) is 4.15. The van der Waals surface area contributed by atoms with Crippen LogP contribution in [0.2, 0.25) is 0 Å². The van der Waals surface area contributed by atoms with Gasteiger partial charge < -0.3 is 9.80 Å². The van der Waals surface area contributed by atoms with Crippen molar-refractivity contribution in [2.45, 2.75) is 38.9 Å². The first-order chi connectivity index (χ1) is 15.6. The summed E-state index contributed by atoms with van der Waals surface area (Å²) >= 11 is 0. The Kier molecular flexibility index (Phi) is 5.09. The molecule has 0 saturated carbocycles. The van der Waals surface area contributed by atoms with Gasteiger partial charge in [0, 0.05) is 43.9 Å². The number of hydrogen-bond acceptors (Lipinski definition) is 7. The van der Waals surface area contributed by atoms with Gasteiger partial charge >= 0.3 is 6.18 Å². The van der Waals surface area contributed by atoms with Crippen molar-refractivity contribution in [1.82, 2.24) is 29.7 Å². The van der Waals surface area contributed by atoms with Gasteiger partial charge in [0.15, 0.2) is 5.65 Å². The molecule has 0 atom stereocenters. The van der Waals surface area contributed by atoms with E-state index in [1.165, 1.54) is 17.8 Å². The zero-order valence-corrected chi connectivity index (χ0v) is 17.7. The molecule has 0 bridgehead atoms. The molecule has 2 aliphatic heterocycles. The average Bonchev–Trinajstić information content (AvgIpc) is 3.12. The second-order valence-electron chi connectivity index (χ2n) is 8.67. The number of alkyl halides is 5. The highest BCUT2D eigenvalue weighted by Gasteiger charge is 2.46. The van der Waals surface area contributed by atoms with E-state index in [2.05, 4.69) is 25.0 Å². The highest BCUT2D eigenvalue weighted by Crippen LogP contribution is 2.42. The maximum atomic E-state index is 13.1. The van der Waals surface area contributed by atoms with Gasteiger partial charge in [-0.15, -0.1) is 0 Å². The van der Waals surface area contributed by atoms with Gasteiger partial charge in [-0.25, -0.2) is 28.4 Å². The van der Waals surface area contributed by atoms with Crippen LogP contribution in [0.3, 0.4) is 0 Å². The van der Waals surface area contributed by atoms with E-state index in [1.54, 1.807) is 6.20 Å². The number of hydrogen-bond donors (Lipinski definition) is 0. The SMILES string of the molecule is Cc1nc(N2CCC3(CC2)CN(c2ncc4cnn(CC(F)F)c4n2)C3)cc(C(F)(F)F)n1. The largest absolute Gasteiger partial charge is 0.433 e. The Bertz CT molecular complexity index is 1160. The minimum absolute atomic E-state index is 0.0208. The van der Waals surface area contributed by atoms with Gasteiger partial charge in [-0.05, 0) is 19.8 Å². The molecule has 0 unspecified atom stereocenters. The lowest BCUT2D eigenvalue weighted by atomic mass is 9.72. The van der Waals surface area contributed by atoms with E-state index in [0.717, 1.165) is 18.9 Å². The monoisotopic (exact) mass is 468 g/mol. The molecule has 3 aromatic heterocycles. The molecule has 5 heterocycles. The fourth-order valence-electron chi connectivity index (χ4n) is 4.56. The molecule has 0 N–H and O–H groups in total. The molecule has 33 heavy (non-hydrogen) atoms. The van der Waals surface area contributed by atoms with Crippen LogP contribution >= 0.6 is 0 Å². The van der Waals surface area contributed by atoms with Crippen LogP contribution in [0.15, 0.2) is 18.5 Å². The molecule has 0 radical (unpaired) electrons. The minimum atomic E-state index is -4.51. The molecule has 2 saturated heterocycles. The number of rotatable bonds is 4. The van der Waals surface area contributed by atoms with Crippen molar-refractivity contribution in [1.29, 1.82) is 0 Å². The number of piperidine rings is 1. The van der Waals surface area contributed by atoms with Gasteiger partial charge in [0.1, 0.15) is 23.9 Å². The quantitative estimate of drug-likeness (QED) is 0.544. The first kappa shape index (κ1) is 21.7. The highest BCUT2D eigenvalue weighted by molar-refractivity contribution is 5.74. The Morgan fingerprint density at radius 2 is 1.76 bits per heavy atom. The Morgan fingerprint density at radius 1 is 1.03 bits per heavy atom. The molecule has 0 aliphatic carbocycles. The fraction of sp³-hybridized carbons (Fsp3) is 0.550. The van der Waals surface area contributed by atoms with Crippen molar-refractivity contribution < 1.29 is 22.0 Å². The molecule has 2 aliphatic rings. The molecule has 2 fully saturated rings. The predicted octanol–water partition coefficient (Wildman–Crippen LogP) is 3.32. The van der Waals surface area contributed by atoms with Gasteiger partial charge in [-0.3, -0.25) is 0 Å². The Hall–Kier alpha value is -3.12. The summed E-state index contributed by atoms with van der Waals surface area (Å²) in [7, 11) is 0. The van der Waals surface area contributed by atoms with E-state index in [1.807, 2.05) is 9.80 Å². The Morgan fingerprint density at radius 3 is 2.42 bits per heavy atom. The van der Waals surface area contributed by atoms with Crippen molar-refractivity contribution in [3.8, 4) is 0 Å². The van der Waals surface area contributed by atoms with Gasteiger partial charge in [-0.1, -0.05) is 0 Å². The number of anilines is 2. The first-order valence-corrected chi connectivity index (χ1v) is 10.5. The average molecular weight is 468 g/mol. The zero-order chi connectivity index (χ0) is 23.4. The smallest absolute Gasteiger partial charge is 0.356 e. The van der Waals surface area contributed by atoms with Gasteiger partial charge in [0.2, 0.25) is 5.95 Å². The molecule has 5 rings (SSSR count). The van der Waals surface area contributed by atoms with Gasteiger partial charge in [-0.2, -0.15) is 23.3 Å². The first-order valence-electron chi connectivity index (χ1n) is 10.5. The topological polar surface area (TPSA) is 75.9 Å². The van der Waals surface area contributed by atoms with Crippen LogP contribution < -0.4 is 9.80 Å². The van der Waals surface area contributed by atoms with Crippen LogP contribution in [0.25, 0.3) is 11.0 Å². The minimum Gasteiger partial charge on any atom is -0.356 e. The lowest BCUT2D eigenvalue weighted by molar-refractivity contribution is -0.141. The summed E-state index contributed by atoms with van der Waals surface area (Å²) in [4.78, 5) is 20.3. The van der Waals surface area contributed by atoms with E-state index in [-0.39, 0.29) is 11.2 Å². The summed E-state index contributed by atoms with van der Waals surface area (Å²) in [5.41, 5.74) is -0.540. The van der Waals surface area contributed by atoms with E-state index in [9.17, 15) is 22.0 Å². The van der Waals surface area contributed by atoms with Crippen LogP contribution in [0.4, 0.5) is 33.7 Å². The molecule has 13 heteroatoms. The summed E-state index contributed by atoms with van der Waals surface area (Å²) < 4.78 is 66.0. The summed E-state index contributed by atoms with van der Waals surface area (Å²) in [6.07, 6.45) is -2.42. The van der Waals surface area contributed by atoms with E-state index >= 15 is 0 Å². The van der Waals surface area contributed by atoms with Gasteiger partial charge in [0.05, 0.1) is 11.6 Å². The van der Waals surface area contributed by atoms with Crippen LogP contribution in [-0.4, -0.2) is 62.3 Å². The molecule has 0 amide bonds. The number of aryl methyl sites for hydroxylation is 1. The summed E-state index contributed by atoms with van der Waals surface area (Å²) in [5, 5.41) is 4.56. The molecule has 176 valence electrons. The van der Waals surface area contributed by atoms with Crippen molar-refractivity contribution in [2.24, 2.45) is 5.41 Å². The molecular weight excluding hydrogens is 447 g/mol. The third-order valence-electron chi connectivity index (χ3n) is 6.27. The maximum absolute atomic E-state index is 13.1. The lowest BCUT2D eigenvalue weighted by Gasteiger charge is -2.54. The standard InChI is InChI=1S/C20H21F5N8/c1-12-28-14(20(23,24)25)6-16(29-12)31-4-2-19(3-5-31)10-32(11-19)18-26-7-13-8-27-33(9-15(21)22)17(13)30-18/h6-8,15H,2-5,9-11H2,1H3. The van der Waals surface area contributed by atoms with E-state index < -0.39 is 24.8 Å². The van der Waals surface area contributed by atoms with Crippen LogP contribution in [0, 0.1) is 12.3 Å². The zero-order valence-electron chi connectivity index (χ0n) is 17.7. The number of fused-ring (bicyclic) bond motifs is 1. The van der Waals surface area contributed by atoms with Crippen LogP contribution in [0.1, 0.15) is 24.4 Å². The second kappa shape index (κ2) is 7.73. The molecule has 0 aromatic carbocycles. The number of nitrogens with zero attached hydrogens (tertiary/aromatic N) is 8. The Labute approximate surface area is 185 Å². The summed E-state index contributed by atoms with van der Waals surface area (Å²) in [6.45, 7) is 3.50. The van der Waals surface area contributed by atoms with E-state index in [4.69, 9.17) is 0 Å². The van der Waals surface area contributed by atoms with Crippen molar-refractivity contribution in [3.05, 3.63) is 30.0 Å². The number of aromatic nitrogens is 6. The summed E-state index contributed by atoms with van der Waals surface area (Å²) in [5.74, 6) is 0.850. The molecular formula is C20H21F5N8. The van der Waals surface area contributed by atoms with Crippen molar-refractivity contribution in [2.75, 3.05) is 36.0 Å². The van der Waals surface area contributed by atoms with Crippen LogP contribution in [-0.2, 0) is 12.7 Å². The highest BCUT2D eigenvalue weighted by atomic mass is 19.4. The summed E-state index contributed by atoms with van der Waals surface area (Å²) in [6, 6.07) is 1.00. The molecule has 3 aromatic rings. The number of halogens is 5. The van der Waals surface area contributed by atoms with E-state index in [0.29, 0.717) is 49.0 Å².